The zero-order valence-electron chi connectivity index (χ0n) is 18.7. The Kier molecular flexibility index (Phi) is 6.38. The van der Waals surface area contributed by atoms with Gasteiger partial charge in [0.25, 0.3) is 10.0 Å². The quantitative estimate of drug-likeness (QED) is 0.463. The van der Waals surface area contributed by atoms with Gasteiger partial charge in [0.1, 0.15) is 5.60 Å². The maximum atomic E-state index is 13.2. The minimum Gasteiger partial charge on any atom is -0.352 e. The second-order valence-electron chi connectivity index (χ2n) is 8.17. The van der Waals surface area contributed by atoms with Crippen molar-refractivity contribution in [1.82, 2.24) is 0 Å². The second kappa shape index (κ2) is 9.06. The molecule has 0 aliphatic carbocycles. The molecular weight excluding hydrogens is 422 g/mol. The van der Waals surface area contributed by atoms with E-state index in [0.29, 0.717) is 12.1 Å². The van der Waals surface area contributed by atoms with Crippen molar-refractivity contribution in [1.29, 1.82) is 0 Å². The van der Waals surface area contributed by atoms with Gasteiger partial charge in [0.05, 0.1) is 10.6 Å². The highest BCUT2D eigenvalue weighted by atomic mass is 32.2. The summed E-state index contributed by atoms with van der Waals surface area (Å²) in [6.07, 6.45) is 2.11. The number of ether oxygens (including phenoxy) is 2. The first-order chi connectivity index (χ1) is 15.4. The normalized spacial score (nSPS) is 20.2. The highest BCUT2D eigenvalue weighted by Gasteiger charge is 2.47. The summed E-state index contributed by atoms with van der Waals surface area (Å²) in [5.74, 6) is 0. The standard InChI is InChI=1S/C26H29NO4S/c1-4-5-18-26(22-11-7-6-10-21(22)25(30-3)31-26)23-12-8-9-13-24(23)27-32(28,29)20-16-14-19(2)15-17-20/h6-17,25,27H,4-5,18H2,1-3H3. The molecule has 0 bridgehead atoms. The third kappa shape index (κ3) is 4.06. The Morgan fingerprint density at radius 1 is 0.969 bits per heavy atom. The first-order valence-electron chi connectivity index (χ1n) is 10.9. The van der Waals surface area contributed by atoms with Gasteiger partial charge in [-0.3, -0.25) is 4.72 Å². The molecule has 0 radical (unpaired) electrons. The monoisotopic (exact) mass is 451 g/mol. The Morgan fingerprint density at radius 2 is 1.62 bits per heavy atom. The Balaban J connectivity index is 1.83. The van der Waals surface area contributed by atoms with Crippen LogP contribution in [0.2, 0.25) is 0 Å². The highest BCUT2D eigenvalue weighted by molar-refractivity contribution is 7.92. The number of rotatable bonds is 8. The molecule has 0 fully saturated rings. The van der Waals surface area contributed by atoms with Crippen molar-refractivity contribution in [3.63, 3.8) is 0 Å². The van der Waals surface area contributed by atoms with E-state index < -0.39 is 21.9 Å². The van der Waals surface area contributed by atoms with Crippen LogP contribution in [0.15, 0.2) is 77.7 Å². The van der Waals surface area contributed by atoms with Gasteiger partial charge in [0.15, 0.2) is 6.29 Å². The summed E-state index contributed by atoms with van der Waals surface area (Å²) in [6.45, 7) is 4.06. The van der Waals surface area contributed by atoms with Crippen LogP contribution in [0.4, 0.5) is 5.69 Å². The molecule has 1 aliphatic rings. The number of hydrogen-bond acceptors (Lipinski definition) is 4. The number of fused-ring (bicyclic) bond motifs is 1. The molecule has 3 aromatic rings. The van der Waals surface area contributed by atoms with Crippen molar-refractivity contribution in [2.45, 2.75) is 49.9 Å². The molecule has 2 unspecified atom stereocenters. The van der Waals surface area contributed by atoms with Gasteiger partial charge in [-0.05, 0) is 37.1 Å². The van der Waals surface area contributed by atoms with Gasteiger partial charge in [-0.1, -0.05) is 79.9 Å². The van der Waals surface area contributed by atoms with E-state index in [-0.39, 0.29) is 4.90 Å². The van der Waals surface area contributed by atoms with E-state index in [0.717, 1.165) is 35.1 Å². The molecule has 6 heteroatoms. The molecule has 2 atom stereocenters. The number of unbranched alkanes of at least 4 members (excludes halogenated alkanes) is 1. The molecule has 5 nitrogen and oxygen atoms in total. The van der Waals surface area contributed by atoms with Crippen LogP contribution in [0, 0.1) is 6.92 Å². The van der Waals surface area contributed by atoms with Gasteiger partial charge in [0.2, 0.25) is 0 Å². The topological polar surface area (TPSA) is 64.6 Å². The van der Waals surface area contributed by atoms with Crippen LogP contribution in [0.3, 0.4) is 0 Å². The number of aryl methyl sites for hydroxylation is 1. The molecule has 0 saturated heterocycles. The Bertz CT molecular complexity index is 1190. The lowest BCUT2D eigenvalue weighted by Crippen LogP contribution is -2.29. The van der Waals surface area contributed by atoms with E-state index in [2.05, 4.69) is 17.7 Å². The zero-order valence-corrected chi connectivity index (χ0v) is 19.5. The lowest BCUT2D eigenvalue weighted by atomic mass is 9.81. The number of sulfonamides is 1. The molecule has 1 heterocycles. The Hall–Kier alpha value is -2.67. The van der Waals surface area contributed by atoms with Crippen LogP contribution in [0.5, 0.6) is 0 Å². The number of methoxy groups -OCH3 is 1. The number of nitrogens with one attached hydrogen (secondary N) is 1. The number of para-hydroxylation sites is 1. The van der Waals surface area contributed by atoms with Gasteiger partial charge < -0.3 is 9.47 Å². The summed E-state index contributed by atoms with van der Waals surface area (Å²) < 4.78 is 41.4. The number of benzene rings is 3. The summed E-state index contributed by atoms with van der Waals surface area (Å²) >= 11 is 0. The molecule has 0 aromatic heterocycles. The first kappa shape index (κ1) is 22.5. The molecule has 32 heavy (non-hydrogen) atoms. The van der Waals surface area contributed by atoms with Gasteiger partial charge in [-0.25, -0.2) is 8.42 Å². The third-order valence-corrected chi connectivity index (χ3v) is 7.37. The highest BCUT2D eigenvalue weighted by Crippen LogP contribution is 2.52. The van der Waals surface area contributed by atoms with Crippen LogP contribution < -0.4 is 4.72 Å². The third-order valence-electron chi connectivity index (χ3n) is 5.99. The van der Waals surface area contributed by atoms with Gasteiger partial charge in [-0.15, -0.1) is 0 Å². The largest absolute Gasteiger partial charge is 0.352 e. The van der Waals surface area contributed by atoms with Crippen LogP contribution >= 0.6 is 0 Å². The molecule has 4 rings (SSSR count). The predicted octanol–water partition coefficient (Wildman–Crippen LogP) is 5.90. The van der Waals surface area contributed by atoms with Crippen molar-refractivity contribution in [2.24, 2.45) is 0 Å². The molecular formula is C26H29NO4S. The molecule has 0 saturated carbocycles. The smallest absolute Gasteiger partial charge is 0.261 e. The fourth-order valence-corrected chi connectivity index (χ4v) is 5.44. The maximum absolute atomic E-state index is 13.2. The van der Waals surface area contributed by atoms with E-state index in [1.165, 1.54) is 0 Å². The summed E-state index contributed by atoms with van der Waals surface area (Å²) in [5, 5.41) is 0. The van der Waals surface area contributed by atoms with Gasteiger partial charge in [-0.2, -0.15) is 0 Å². The van der Waals surface area contributed by atoms with Crippen molar-refractivity contribution >= 4 is 15.7 Å². The average Bonchev–Trinajstić information content (AvgIpc) is 3.13. The molecule has 3 aromatic carbocycles. The van der Waals surface area contributed by atoms with Crippen molar-refractivity contribution in [3.8, 4) is 0 Å². The van der Waals surface area contributed by atoms with E-state index in [4.69, 9.17) is 9.47 Å². The second-order valence-corrected chi connectivity index (χ2v) is 9.85. The van der Waals surface area contributed by atoms with E-state index in [9.17, 15) is 8.42 Å². The molecule has 1 aliphatic heterocycles. The molecule has 0 spiro atoms. The van der Waals surface area contributed by atoms with Crippen LogP contribution in [-0.4, -0.2) is 15.5 Å². The summed E-state index contributed by atoms with van der Waals surface area (Å²) in [5.41, 5.74) is 3.49. The maximum Gasteiger partial charge on any atom is 0.261 e. The minimum atomic E-state index is -3.76. The Labute approximate surface area is 190 Å². The fraction of sp³-hybridized carbons (Fsp3) is 0.308. The number of hydrogen-bond donors (Lipinski definition) is 1. The summed E-state index contributed by atoms with van der Waals surface area (Å²) in [4.78, 5) is 0.225. The fourth-order valence-electron chi connectivity index (χ4n) is 4.36. The predicted molar refractivity (Wildman–Crippen MR) is 126 cm³/mol. The van der Waals surface area contributed by atoms with Gasteiger partial charge in [0, 0.05) is 18.2 Å². The molecule has 0 amide bonds. The van der Waals surface area contributed by atoms with Crippen LogP contribution in [0.1, 0.15) is 54.7 Å². The molecule has 1 N–H and O–H groups in total. The SMILES string of the molecule is CCCCC1(c2ccccc2NS(=O)(=O)c2ccc(C)cc2)OC(OC)c2ccccc21. The van der Waals surface area contributed by atoms with Crippen molar-refractivity contribution in [3.05, 3.63) is 95.1 Å². The van der Waals surface area contributed by atoms with Crippen molar-refractivity contribution in [2.75, 3.05) is 11.8 Å². The summed E-state index contributed by atoms with van der Waals surface area (Å²) in [6, 6.07) is 22.3. The lowest BCUT2D eigenvalue weighted by Gasteiger charge is -2.33. The minimum absolute atomic E-state index is 0.225. The van der Waals surface area contributed by atoms with E-state index >= 15 is 0 Å². The van der Waals surface area contributed by atoms with Crippen molar-refractivity contribution < 1.29 is 17.9 Å². The first-order valence-corrected chi connectivity index (χ1v) is 12.4. The lowest BCUT2D eigenvalue weighted by molar-refractivity contribution is -0.175. The van der Waals surface area contributed by atoms with E-state index in [1.54, 1.807) is 37.4 Å². The van der Waals surface area contributed by atoms with Crippen LogP contribution in [-0.2, 0) is 25.1 Å². The molecule has 168 valence electrons. The van der Waals surface area contributed by atoms with Crippen LogP contribution in [0.25, 0.3) is 0 Å². The summed E-state index contributed by atoms with van der Waals surface area (Å²) in [7, 11) is -2.13. The number of anilines is 1. The van der Waals surface area contributed by atoms with E-state index in [1.807, 2.05) is 43.3 Å². The Morgan fingerprint density at radius 3 is 2.31 bits per heavy atom. The van der Waals surface area contributed by atoms with Gasteiger partial charge >= 0.3 is 0 Å². The zero-order chi connectivity index (χ0) is 22.8. The average molecular weight is 452 g/mol.